The Morgan fingerprint density at radius 1 is 1.35 bits per heavy atom. The van der Waals surface area contributed by atoms with E-state index in [1.165, 1.54) is 0 Å². The molecule has 104 valence electrons. The second-order valence-electron chi connectivity index (χ2n) is 3.81. The van der Waals surface area contributed by atoms with Crippen molar-refractivity contribution in [2.75, 3.05) is 28.3 Å². The van der Waals surface area contributed by atoms with Gasteiger partial charge in [-0.3, -0.25) is 8.98 Å². The highest BCUT2D eigenvalue weighted by molar-refractivity contribution is 7.80. The summed E-state index contributed by atoms with van der Waals surface area (Å²) >= 11 is 0. The van der Waals surface area contributed by atoms with Gasteiger partial charge in [0.25, 0.3) is 5.91 Å². The van der Waals surface area contributed by atoms with Crippen LogP contribution in [-0.2, 0) is 19.4 Å². The molecule has 0 aliphatic carbocycles. The van der Waals surface area contributed by atoms with Crippen LogP contribution < -0.4 is 11.6 Å². The number of amides is 1. The number of hydrogen-bond acceptors (Lipinski definition) is 6. The Morgan fingerprint density at radius 3 is 1.71 bits per heavy atom. The normalized spacial score (nSPS) is 10.5. The van der Waals surface area contributed by atoms with Crippen LogP contribution in [0.15, 0.2) is 12.2 Å². The van der Waals surface area contributed by atoms with Crippen LogP contribution in [0.1, 0.15) is 6.92 Å². The predicted octanol–water partition coefficient (Wildman–Crippen LogP) is -0.445. The molecule has 0 unspecified atom stereocenters. The molecule has 0 bridgehead atoms. The Morgan fingerprint density at radius 2 is 1.65 bits per heavy atom. The van der Waals surface area contributed by atoms with E-state index >= 15 is 0 Å². The average molecular weight is 271 g/mol. The zero-order chi connectivity index (χ0) is 13.6. The third-order valence-corrected chi connectivity index (χ3v) is 1.44. The summed E-state index contributed by atoms with van der Waals surface area (Å²) in [6.45, 7) is 5.20. The lowest BCUT2D eigenvalue weighted by molar-refractivity contribution is -0.905. The van der Waals surface area contributed by atoms with E-state index in [2.05, 4.69) is 16.2 Å². The van der Waals surface area contributed by atoms with Crippen LogP contribution in [0.4, 0.5) is 0 Å². The van der Waals surface area contributed by atoms with Crippen LogP contribution in [0.5, 0.6) is 0 Å². The third-order valence-electron chi connectivity index (χ3n) is 1.03. The van der Waals surface area contributed by atoms with Gasteiger partial charge in [0, 0.05) is 5.57 Å². The molecule has 0 spiro atoms. The summed E-state index contributed by atoms with van der Waals surface area (Å²) in [6.07, 6.45) is 0. The van der Waals surface area contributed by atoms with Crippen LogP contribution in [0.2, 0.25) is 0 Å². The molecule has 0 aromatic carbocycles. The van der Waals surface area contributed by atoms with Gasteiger partial charge in [0.15, 0.2) is 0 Å². The topological polar surface area (TPSA) is 131 Å². The summed E-state index contributed by atoms with van der Waals surface area (Å²) in [5.74, 6) is -0.104. The summed E-state index contributed by atoms with van der Waals surface area (Å²) in [6, 6.07) is 0. The van der Waals surface area contributed by atoms with Crippen LogP contribution in [0, 0.1) is 0 Å². The maximum Gasteiger partial charge on any atom is 0.290 e. The molecule has 0 saturated heterocycles. The zero-order valence-corrected chi connectivity index (χ0v) is 11.6. The standard InChI is InChI=1S/C7H14N2O.CH4O4S.H3N/c1-6(2)7(10)8-9(3,4)5;1-5-6(2,3)4;/h1H2,2-5H3;1H3,(H,2,3,4);1H3. The van der Waals surface area contributed by atoms with Gasteiger partial charge in [-0.15, -0.1) is 0 Å². The molecule has 0 aliphatic rings. The summed E-state index contributed by atoms with van der Waals surface area (Å²) < 4.78 is 31.4. The molecule has 0 aliphatic heterocycles. The molecule has 4 N–H and O–H groups in total. The Balaban J connectivity index is -0.000000244. The van der Waals surface area contributed by atoms with Crippen LogP contribution in [0.25, 0.3) is 0 Å². The number of rotatable bonds is 3. The summed E-state index contributed by atoms with van der Waals surface area (Å²) in [7, 11) is 2.02. The first kappa shape index (κ1) is 21.3. The minimum Gasteiger partial charge on any atom is -0.726 e. The molecule has 0 rings (SSSR count). The predicted molar refractivity (Wildman–Crippen MR) is 62.7 cm³/mol. The second-order valence-corrected chi connectivity index (χ2v) is 4.96. The van der Waals surface area contributed by atoms with Gasteiger partial charge in [-0.25, -0.2) is 13.0 Å². The SMILES string of the molecule is C=C(C)C(=O)N[N+](C)(C)C.COS(=O)(=O)[O-].N. The van der Waals surface area contributed by atoms with Crippen molar-refractivity contribution in [3.05, 3.63) is 12.2 Å². The highest BCUT2D eigenvalue weighted by atomic mass is 32.3. The number of nitrogens with one attached hydrogen (secondary N) is 1. The van der Waals surface area contributed by atoms with Crippen molar-refractivity contribution in [2.24, 2.45) is 0 Å². The van der Waals surface area contributed by atoms with Crippen LogP contribution >= 0.6 is 0 Å². The lowest BCUT2D eigenvalue weighted by Crippen LogP contribution is -2.51. The van der Waals surface area contributed by atoms with E-state index in [4.69, 9.17) is 0 Å². The molecule has 0 radical (unpaired) electrons. The van der Waals surface area contributed by atoms with Crippen LogP contribution in [-0.4, -0.2) is 51.7 Å². The van der Waals surface area contributed by atoms with Gasteiger partial charge in [0.2, 0.25) is 10.4 Å². The van der Waals surface area contributed by atoms with E-state index in [1.807, 2.05) is 21.1 Å². The Hall–Kier alpha value is -1.00. The smallest absolute Gasteiger partial charge is 0.290 e. The number of quaternary nitrogens is 1. The summed E-state index contributed by atoms with van der Waals surface area (Å²) in [5.41, 5.74) is 3.25. The van der Waals surface area contributed by atoms with E-state index in [-0.39, 0.29) is 12.1 Å². The molecule has 0 atom stereocenters. The maximum atomic E-state index is 10.9. The van der Waals surface area contributed by atoms with Gasteiger partial charge in [-0.2, -0.15) is 5.43 Å². The van der Waals surface area contributed by atoms with E-state index in [1.54, 1.807) is 6.92 Å². The van der Waals surface area contributed by atoms with Crippen LogP contribution in [0.3, 0.4) is 0 Å². The van der Waals surface area contributed by atoms with Crippen molar-refractivity contribution in [3.8, 4) is 0 Å². The second kappa shape index (κ2) is 8.14. The van der Waals surface area contributed by atoms with E-state index in [0.717, 1.165) is 7.11 Å². The molecular weight excluding hydrogens is 250 g/mol. The summed E-state index contributed by atoms with van der Waals surface area (Å²) in [5, 5.41) is 0. The largest absolute Gasteiger partial charge is 0.726 e. The monoisotopic (exact) mass is 271 g/mol. The highest BCUT2D eigenvalue weighted by Gasteiger charge is 2.11. The fraction of sp³-hybridized carbons (Fsp3) is 0.625. The van der Waals surface area contributed by atoms with Gasteiger partial charge >= 0.3 is 0 Å². The van der Waals surface area contributed by atoms with Gasteiger partial charge in [-0.05, 0) is 6.92 Å². The molecule has 9 heteroatoms. The van der Waals surface area contributed by atoms with Gasteiger partial charge < -0.3 is 10.7 Å². The molecule has 1 amide bonds. The maximum absolute atomic E-state index is 10.9. The number of carbonyl (C=O) groups is 1. The number of hydrogen-bond donors (Lipinski definition) is 2. The minimum atomic E-state index is -4.41. The first-order chi connectivity index (χ1) is 6.89. The quantitative estimate of drug-likeness (QED) is 0.235. The molecule has 0 fully saturated rings. The van der Waals surface area contributed by atoms with Crippen molar-refractivity contribution in [1.29, 1.82) is 0 Å². The Kier molecular flexibility index (Phi) is 10.2. The minimum absolute atomic E-state index is 0. The fourth-order valence-electron chi connectivity index (χ4n) is 0.400. The Bertz CT molecular complexity index is 345. The molecule has 0 aromatic rings. The van der Waals surface area contributed by atoms with Crippen molar-refractivity contribution in [2.45, 2.75) is 6.92 Å². The van der Waals surface area contributed by atoms with Gasteiger partial charge in [0.1, 0.15) is 0 Å². The van der Waals surface area contributed by atoms with E-state index < -0.39 is 10.4 Å². The third kappa shape index (κ3) is 21.0. The number of nitrogens with zero attached hydrogens (tertiary/aromatic N) is 1. The highest BCUT2D eigenvalue weighted by Crippen LogP contribution is 1.89. The van der Waals surface area contributed by atoms with Crippen molar-refractivity contribution in [3.63, 3.8) is 0 Å². The van der Waals surface area contributed by atoms with Crippen molar-refractivity contribution >= 4 is 16.3 Å². The van der Waals surface area contributed by atoms with Crippen molar-refractivity contribution < 1.29 is 26.5 Å². The lowest BCUT2D eigenvalue weighted by Gasteiger charge is -2.23. The first-order valence-corrected chi connectivity index (χ1v) is 5.53. The van der Waals surface area contributed by atoms with E-state index in [0.29, 0.717) is 10.2 Å². The lowest BCUT2D eigenvalue weighted by atomic mass is 10.3. The molecular formula is C8H21N3O5S. The zero-order valence-electron chi connectivity index (χ0n) is 10.8. The van der Waals surface area contributed by atoms with Crippen molar-refractivity contribution in [1.82, 2.24) is 11.6 Å². The molecule has 0 aromatic heterocycles. The number of carbonyl (C=O) groups excluding carboxylic acids is 1. The molecule has 17 heavy (non-hydrogen) atoms. The molecule has 0 heterocycles. The van der Waals surface area contributed by atoms with Gasteiger partial charge in [0.05, 0.1) is 28.3 Å². The fourth-order valence-corrected chi connectivity index (χ4v) is 0.400. The average Bonchev–Trinajstić information content (AvgIpc) is 2.00. The molecule has 8 nitrogen and oxygen atoms in total. The van der Waals surface area contributed by atoms with E-state index in [9.17, 15) is 17.8 Å². The van der Waals surface area contributed by atoms with Gasteiger partial charge in [-0.1, -0.05) is 6.58 Å². The first-order valence-electron chi connectivity index (χ1n) is 4.20. The molecule has 0 saturated carbocycles. The Labute approximate surface area is 102 Å². The summed E-state index contributed by atoms with van der Waals surface area (Å²) in [4.78, 5) is 10.9.